The van der Waals surface area contributed by atoms with Crippen molar-refractivity contribution in [3.8, 4) is 5.75 Å². The number of hydrogen-bond donors (Lipinski definition) is 1. The minimum absolute atomic E-state index is 0.203. The van der Waals surface area contributed by atoms with Crippen LogP contribution in [0.4, 0.5) is 0 Å². The maximum atomic E-state index is 12.7. The molecule has 1 fully saturated rings. The third-order valence-electron chi connectivity index (χ3n) is 4.86. The maximum Gasteiger partial charge on any atom is 0.243 e. The second-order valence-electron chi connectivity index (χ2n) is 6.87. The summed E-state index contributed by atoms with van der Waals surface area (Å²) in [6.45, 7) is 3.09. The number of amides is 1. The molecule has 1 amide bonds. The lowest BCUT2D eigenvalue weighted by molar-refractivity contribution is -0.126. The Hall–Kier alpha value is -2.42. The molecule has 160 valence electrons. The van der Waals surface area contributed by atoms with E-state index in [9.17, 15) is 13.2 Å². The molecule has 0 saturated carbocycles. The van der Waals surface area contributed by atoms with Crippen molar-refractivity contribution in [1.82, 2.24) is 9.73 Å². The van der Waals surface area contributed by atoms with Gasteiger partial charge in [-0.05, 0) is 73.9 Å². The van der Waals surface area contributed by atoms with Gasteiger partial charge in [0.1, 0.15) is 5.75 Å². The van der Waals surface area contributed by atoms with Crippen molar-refractivity contribution in [2.45, 2.75) is 24.7 Å². The number of sulfonamides is 1. The predicted octanol–water partition coefficient (Wildman–Crippen LogP) is 3.29. The SMILES string of the molecule is CCOc1ccc(/C=N/NC(=O)C2CCN(S(=O)(=O)c3ccc(Cl)cc3)CC2)cc1. The van der Waals surface area contributed by atoms with Crippen molar-refractivity contribution in [3.63, 3.8) is 0 Å². The lowest BCUT2D eigenvalue weighted by Gasteiger charge is -2.30. The molecule has 30 heavy (non-hydrogen) atoms. The van der Waals surface area contributed by atoms with Gasteiger partial charge in [-0.3, -0.25) is 4.79 Å². The van der Waals surface area contributed by atoms with E-state index in [1.165, 1.54) is 16.4 Å². The van der Waals surface area contributed by atoms with Crippen molar-refractivity contribution in [3.05, 3.63) is 59.1 Å². The highest BCUT2D eigenvalue weighted by atomic mass is 35.5. The fourth-order valence-corrected chi connectivity index (χ4v) is 4.79. The molecule has 0 radical (unpaired) electrons. The summed E-state index contributed by atoms with van der Waals surface area (Å²) in [7, 11) is -3.59. The van der Waals surface area contributed by atoms with E-state index >= 15 is 0 Å². The Morgan fingerprint density at radius 3 is 2.40 bits per heavy atom. The lowest BCUT2D eigenvalue weighted by atomic mass is 9.98. The Morgan fingerprint density at radius 1 is 1.17 bits per heavy atom. The van der Waals surface area contributed by atoms with E-state index in [2.05, 4.69) is 10.5 Å². The summed E-state index contributed by atoms with van der Waals surface area (Å²) in [4.78, 5) is 12.6. The Labute approximate surface area is 181 Å². The van der Waals surface area contributed by atoms with Crippen LogP contribution in [-0.4, -0.2) is 44.5 Å². The summed E-state index contributed by atoms with van der Waals surface area (Å²) >= 11 is 5.83. The molecule has 1 heterocycles. The van der Waals surface area contributed by atoms with Crippen LogP contribution >= 0.6 is 11.6 Å². The van der Waals surface area contributed by atoms with Gasteiger partial charge in [0.2, 0.25) is 15.9 Å². The Kier molecular flexibility index (Phi) is 7.47. The van der Waals surface area contributed by atoms with E-state index in [0.29, 0.717) is 24.5 Å². The van der Waals surface area contributed by atoms with Crippen molar-refractivity contribution in [2.24, 2.45) is 11.0 Å². The fraction of sp³-hybridized carbons (Fsp3) is 0.333. The number of rotatable bonds is 7. The fourth-order valence-electron chi connectivity index (χ4n) is 3.19. The Balaban J connectivity index is 1.50. The first-order valence-electron chi connectivity index (χ1n) is 9.71. The van der Waals surface area contributed by atoms with Crippen LogP contribution in [0.2, 0.25) is 5.02 Å². The van der Waals surface area contributed by atoms with Gasteiger partial charge in [0.05, 0.1) is 17.7 Å². The van der Waals surface area contributed by atoms with Gasteiger partial charge in [-0.2, -0.15) is 9.41 Å². The topological polar surface area (TPSA) is 88.1 Å². The van der Waals surface area contributed by atoms with Crippen LogP contribution in [0, 0.1) is 5.92 Å². The molecule has 0 unspecified atom stereocenters. The molecule has 1 saturated heterocycles. The number of hydrogen-bond acceptors (Lipinski definition) is 5. The smallest absolute Gasteiger partial charge is 0.243 e. The standard InChI is InChI=1S/C21H24ClN3O4S/c1-2-29-19-7-3-16(4-8-19)15-23-24-21(26)17-11-13-25(14-12-17)30(27,28)20-9-5-18(22)6-10-20/h3-10,15,17H,2,11-14H2,1H3,(H,24,26)/b23-15+. The van der Waals surface area contributed by atoms with Crippen LogP contribution < -0.4 is 10.2 Å². The summed E-state index contributed by atoms with van der Waals surface area (Å²) in [5.74, 6) is 0.291. The quantitative estimate of drug-likeness (QED) is 0.519. The zero-order valence-corrected chi connectivity index (χ0v) is 18.2. The Morgan fingerprint density at radius 2 is 1.80 bits per heavy atom. The minimum atomic E-state index is -3.59. The molecule has 0 atom stereocenters. The van der Waals surface area contributed by atoms with Crippen LogP contribution in [0.1, 0.15) is 25.3 Å². The average molecular weight is 450 g/mol. The molecule has 1 aliphatic rings. The molecule has 3 rings (SSSR count). The third kappa shape index (κ3) is 5.59. The highest BCUT2D eigenvalue weighted by Gasteiger charge is 2.32. The third-order valence-corrected chi connectivity index (χ3v) is 7.02. The normalized spacial score (nSPS) is 15.9. The summed E-state index contributed by atoms with van der Waals surface area (Å²) < 4.78 is 32.2. The summed E-state index contributed by atoms with van der Waals surface area (Å²) in [5, 5.41) is 4.49. The zero-order chi connectivity index (χ0) is 21.6. The molecule has 0 bridgehead atoms. The zero-order valence-electron chi connectivity index (χ0n) is 16.6. The van der Waals surface area contributed by atoms with Gasteiger partial charge in [0, 0.05) is 24.0 Å². The molecule has 2 aromatic rings. The number of piperidine rings is 1. The van der Waals surface area contributed by atoms with Crippen molar-refractivity contribution in [2.75, 3.05) is 19.7 Å². The van der Waals surface area contributed by atoms with Crippen molar-refractivity contribution < 1.29 is 17.9 Å². The average Bonchev–Trinajstić information content (AvgIpc) is 2.75. The van der Waals surface area contributed by atoms with Gasteiger partial charge >= 0.3 is 0 Å². The summed E-state index contributed by atoms with van der Waals surface area (Å²) in [6.07, 6.45) is 2.45. The second kappa shape index (κ2) is 10.1. The largest absolute Gasteiger partial charge is 0.494 e. The molecule has 2 aromatic carbocycles. The van der Waals surface area contributed by atoms with Gasteiger partial charge < -0.3 is 4.74 Å². The van der Waals surface area contributed by atoms with Crippen molar-refractivity contribution >= 4 is 33.7 Å². The summed E-state index contributed by atoms with van der Waals surface area (Å²) in [5.41, 5.74) is 3.38. The molecule has 1 N–H and O–H groups in total. The van der Waals surface area contributed by atoms with Gasteiger partial charge in [-0.1, -0.05) is 11.6 Å². The van der Waals surface area contributed by atoms with E-state index in [1.54, 1.807) is 18.3 Å². The predicted molar refractivity (Wildman–Crippen MR) is 116 cm³/mol. The molecular weight excluding hydrogens is 426 g/mol. The van der Waals surface area contributed by atoms with Gasteiger partial charge in [-0.25, -0.2) is 13.8 Å². The van der Waals surface area contributed by atoms with Gasteiger partial charge in [0.25, 0.3) is 0 Å². The van der Waals surface area contributed by atoms with Crippen LogP contribution in [0.25, 0.3) is 0 Å². The van der Waals surface area contributed by atoms with E-state index in [0.717, 1.165) is 11.3 Å². The number of halogens is 1. The highest BCUT2D eigenvalue weighted by molar-refractivity contribution is 7.89. The highest BCUT2D eigenvalue weighted by Crippen LogP contribution is 2.24. The van der Waals surface area contributed by atoms with Crippen LogP contribution in [0.3, 0.4) is 0 Å². The first-order chi connectivity index (χ1) is 14.4. The first kappa shape index (κ1) is 22.3. The van der Waals surface area contributed by atoms with Crippen molar-refractivity contribution in [1.29, 1.82) is 0 Å². The molecule has 0 aromatic heterocycles. The summed E-state index contributed by atoms with van der Waals surface area (Å²) in [6, 6.07) is 13.5. The number of nitrogens with one attached hydrogen (secondary N) is 1. The van der Waals surface area contributed by atoms with Gasteiger partial charge in [0.15, 0.2) is 0 Å². The molecule has 7 nitrogen and oxygen atoms in total. The number of ether oxygens (including phenoxy) is 1. The molecular formula is C21H24ClN3O4S. The Bertz CT molecular complexity index is 984. The molecule has 0 aliphatic carbocycles. The van der Waals surface area contributed by atoms with E-state index < -0.39 is 10.0 Å². The van der Waals surface area contributed by atoms with Crippen LogP contribution in [-0.2, 0) is 14.8 Å². The number of carbonyl (C=O) groups excluding carboxylic acids is 1. The van der Waals surface area contributed by atoms with Crippen LogP contribution in [0.15, 0.2) is 58.5 Å². The van der Waals surface area contributed by atoms with E-state index in [4.69, 9.17) is 16.3 Å². The molecule has 1 aliphatic heterocycles. The maximum absolute atomic E-state index is 12.7. The van der Waals surface area contributed by atoms with E-state index in [-0.39, 0.29) is 29.8 Å². The number of nitrogens with zero attached hydrogens (tertiary/aromatic N) is 2. The molecule has 0 spiro atoms. The number of benzene rings is 2. The molecule has 9 heteroatoms. The second-order valence-corrected chi connectivity index (χ2v) is 9.24. The lowest BCUT2D eigenvalue weighted by Crippen LogP contribution is -2.42. The van der Waals surface area contributed by atoms with E-state index in [1.807, 2.05) is 31.2 Å². The number of carbonyl (C=O) groups is 1. The monoisotopic (exact) mass is 449 g/mol. The minimum Gasteiger partial charge on any atom is -0.494 e. The van der Waals surface area contributed by atoms with Gasteiger partial charge in [-0.15, -0.1) is 0 Å². The van der Waals surface area contributed by atoms with Crippen LogP contribution in [0.5, 0.6) is 5.75 Å². The first-order valence-corrected chi connectivity index (χ1v) is 11.5. The number of hydrazone groups is 1.